The lowest BCUT2D eigenvalue weighted by Gasteiger charge is -2.02. The molecule has 19 heavy (non-hydrogen) atoms. The SMILES string of the molecule is CCOC(=O)c1cc2ccc3nccnc3n2c1Cl. The van der Waals surface area contributed by atoms with Crippen LogP contribution in [0.5, 0.6) is 0 Å². The summed E-state index contributed by atoms with van der Waals surface area (Å²) in [6.45, 7) is 2.06. The van der Waals surface area contributed by atoms with Crippen molar-refractivity contribution < 1.29 is 9.53 Å². The standard InChI is InChI=1S/C13H10ClN3O2/c1-2-19-13(18)9-7-8-3-4-10-12(16-6-5-15-10)17(8)11(9)14/h3-7H,2H2,1H3. The third-order valence-electron chi connectivity index (χ3n) is 2.79. The van der Waals surface area contributed by atoms with Crippen LogP contribution in [-0.2, 0) is 4.74 Å². The summed E-state index contributed by atoms with van der Waals surface area (Å²) in [5.41, 5.74) is 2.44. The predicted molar refractivity (Wildman–Crippen MR) is 71.5 cm³/mol. The lowest BCUT2D eigenvalue weighted by atomic mass is 10.3. The summed E-state index contributed by atoms with van der Waals surface area (Å²) in [5.74, 6) is -0.437. The van der Waals surface area contributed by atoms with Crippen molar-refractivity contribution >= 4 is 34.3 Å². The molecule has 0 N–H and O–H groups in total. The zero-order valence-electron chi connectivity index (χ0n) is 10.1. The largest absolute Gasteiger partial charge is 0.462 e. The molecule has 3 aromatic rings. The Balaban J connectivity index is 2.32. The number of carbonyl (C=O) groups is 1. The summed E-state index contributed by atoms with van der Waals surface area (Å²) in [6, 6.07) is 5.36. The Morgan fingerprint density at radius 2 is 2.16 bits per heavy atom. The van der Waals surface area contributed by atoms with E-state index in [9.17, 15) is 4.79 Å². The first kappa shape index (κ1) is 11.9. The van der Waals surface area contributed by atoms with Gasteiger partial charge < -0.3 is 4.74 Å². The van der Waals surface area contributed by atoms with Gasteiger partial charge in [0.15, 0.2) is 5.65 Å². The average molecular weight is 276 g/mol. The van der Waals surface area contributed by atoms with Gasteiger partial charge in [-0.05, 0) is 25.1 Å². The van der Waals surface area contributed by atoms with Gasteiger partial charge in [0.2, 0.25) is 0 Å². The van der Waals surface area contributed by atoms with Crippen molar-refractivity contribution in [1.82, 2.24) is 14.4 Å². The average Bonchev–Trinajstić information content (AvgIpc) is 2.77. The van der Waals surface area contributed by atoms with Crippen LogP contribution in [0.4, 0.5) is 0 Å². The van der Waals surface area contributed by atoms with E-state index in [0.29, 0.717) is 28.5 Å². The fraction of sp³-hybridized carbons (Fsp3) is 0.154. The summed E-state index contributed by atoms with van der Waals surface area (Å²) < 4.78 is 6.67. The molecule has 0 aliphatic heterocycles. The number of halogens is 1. The van der Waals surface area contributed by atoms with Crippen LogP contribution in [0.3, 0.4) is 0 Å². The van der Waals surface area contributed by atoms with E-state index >= 15 is 0 Å². The molecule has 96 valence electrons. The van der Waals surface area contributed by atoms with Crippen LogP contribution < -0.4 is 0 Å². The zero-order chi connectivity index (χ0) is 13.4. The lowest BCUT2D eigenvalue weighted by Crippen LogP contribution is -2.04. The molecule has 3 aromatic heterocycles. The van der Waals surface area contributed by atoms with Gasteiger partial charge in [-0.1, -0.05) is 11.6 Å². The summed E-state index contributed by atoms with van der Waals surface area (Å²) >= 11 is 6.26. The second kappa shape index (κ2) is 4.51. The van der Waals surface area contributed by atoms with Gasteiger partial charge in [0.1, 0.15) is 10.7 Å². The highest BCUT2D eigenvalue weighted by atomic mass is 35.5. The van der Waals surface area contributed by atoms with Gasteiger partial charge in [-0.25, -0.2) is 9.78 Å². The van der Waals surface area contributed by atoms with Crippen molar-refractivity contribution in [1.29, 1.82) is 0 Å². The molecule has 0 aromatic carbocycles. The second-order valence-corrected chi connectivity index (χ2v) is 4.29. The van der Waals surface area contributed by atoms with Gasteiger partial charge in [-0.3, -0.25) is 9.38 Å². The molecule has 0 radical (unpaired) electrons. The first-order chi connectivity index (χ1) is 9.22. The predicted octanol–water partition coefficient (Wildman–Crippen LogP) is 2.71. The minimum Gasteiger partial charge on any atom is -0.462 e. The molecule has 0 fully saturated rings. The first-order valence-corrected chi connectivity index (χ1v) is 6.18. The minimum atomic E-state index is -0.437. The highest BCUT2D eigenvalue weighted by Crippen LogP contribution is 2.26. The number of pyridine rings is 1. The van der Waals surface area contributed by atoms with Gasteiger partial charge in [-0.2, -0.15) is 0 Å². The second-order valence-electron chi connectivity index (χ2n) is 3.93. The van der Waals surface area contributed by atoms with E-state index in [1.165, 1.54) is 0 Å². The quantitative estimate of drug-likeness (QED) is 0.675. The number of rotatable bonds is 2. The van der Waals surface area contributed by atoms with Crippen LogP contribution in [0.1, 0.15) is 17.3 Å². The van der Waals surface area contributed by atoms with Crippen LogP contribution in [0, 0.1) is 0 Å². The van der Waals surface area contributed by atoms with E-state index in [1.807, 2.05) is 12.1 Å². The smallest absolute Gasteiger partial charge is 0.341 e. The third kappa shape index (κ3) is 1.82. The van der Waals surface area contributed by atoms with Gasteiger partial charge in [0.25, 0.3) is 0 Å². The normalized spacial score (nSPS) is 11.1. The molecular formula is C13H10ClN3O2. The van der Waals surface area contributed by atoms with Crippen LogP contribution >= 0.6 is 11.6 Å². The number of ether oxygens (including phenoxy) is 1. The molecule has 0 amide bonds. The molecule has 0 spiro atoms. The monoisotopic (exact) mass is 275 g/mol. The fourth-order valence-electron chi connectivity index (χ4n) is 1.99. The highest BCUT2D eigenvalue weighted by Gasteiger charge is 2.18. The molecule has 0 bridgehead atoms. The number of nitrogens with zero attached hydrogens (tertiary/aromatic N) is 3. The molecule has 5 nitrogen and oxygen atoms in total. The summed E-state index contributed by atoms with van der Waals surface area (Å²) in [6.07, 6.45) is 3.19. The summed E-state index contributed by atoms with van der Waals surface area (Å²) in [4.78, 5) is 20.3. The van der Waals surface area contributed by atoms with E-state index in [4.69, 9.17) is 16.3 Å². The Morgan fingerprint density at radius 3 is 2.95 bits per heavy atom. The lowest BCUT2D eigenvalue weighted by molar-refractivity contribution is 0.0527. The van der Waals surface area contributed by atoms with Crippen molar-refractivity contribution in [3.05, 3.63) is 41.3 Å². The number of carbonyl (C=O) groups excluding carboxylic acids is 1. The number of esters is 1. The molecule has 0 aliphatic carbocycles. The molecule has 0 unspecified atom stereocenters. The van der Waals surface area contributed by atoms with Gasteiger partial charge in [0, 0.05) is 17.9 Å². The Bertz CT molecular complexity index is 782. The van der Waals surface area contributed by atoms with Crippen LogP contribution in [0.25, 0.3) is 16.7 Å². The molecule has 3 rings (SSSR count). The Labute approximate surface area is 113 Å². The zero-order valence-corrected chi connectivity index (χ0v) is 10.9. The van der Waals surface area contributed by atoms with Gasteiger partial charge in [0.05, 0.1) is 12.2 Å². The number of aromatic nitrogens is 3. The molecule has 6 heteroatoms. The first-order valence-electron chi connectivity index (χ1n) is 5.80. The number of hydrogen-bond donors (Lipinski definition) is 0. The molecule has 0 aliphatic rings. The Hall–Kier alpha value is -2.14. The van der Waals surface area contributed by atoms with Crippen molar-refractivity contribution in [3.8, 4) is 0 Å². The number of hydrogen-bond acceptors (Lipinski definition) is 4. The van der Waals surface area contributed by atoms with E-state index < -0.39 is 5.97 Å². The maximum Gasteiger partial charge on any atom is 0.341 e. The van der Waals surface area contributed by atoms with Crippen LogP contribution in [0.15, 0.2) is 30.6 Å². The van der Waals surface area contributed by atoms with Crippen molar-refractivity contribution in [2.75, 3.05) is 6.61 Å². The molecule has 3 heterocycles. The van der Waals surface area contributed by atoms with E-state index in [0.717, 1.165) is 5.52 Å². The van der Waals surface area contributed by atoms with Crippen LogP contribution in [0.2, 0.25) is 5.15 Å². The third-order valence-corrected chi connectivity index (χ3v) is 3.17. The molecule has 0 saturated heterocycles. The maximum absolute atomic E-state index is 11.8. The Morgan fingerprint density at radius 1 is 1.37 bits per heavy atom. The summed E-state index contributed by atoms with van der Waals surface area (Å²) in [5, 5.41) is 0.291. The molecule has 0 saturated carbocycles. The van der Waals surface area contributed by atoms with Crippen molar-refractivity contribution in [2.24, 2.45) is 0 Å². The summed E-state index contributed by atoms with van der Waals surface area (Å²) in [7, 11) is 0. The maximum atomic E-state index is 11.8. The topological polar surface area (TPSA) is 56.5 Å². The molecule has 0 atom stereocenters. The van der Waals surface area contributed by atoms with Gasteiger partial charge in [-0.15, -0.1) is 0 Å². The van der Waals surface area contributed by atoms with E-state index in [1.54, 1.807) is 29.8 Å². The Kier molecular flexibility index (Phi) is 2.83. The number of fused-ring (bicyclic) bond motifs is 3. The van der Waals surface area contributed by atoms with Crippen molar-refractivity contribution in [3.63, 3.8) is 0 Å². The van der Waals surface area contributed by atoms with E-state index in [-0.39, 0.29) is 0 Å². The highest BCUT2D eigenvalue weighted by molar-refractivity contribution is 6.33. The van der Waals surface area contributed by atoms with Crippen molar-refractivity contribution in [2.45, 2.75) is 6.92 Å². The van der Waals surface area contributed by atoms with Gasteiger partial charge >= 0.3 is 5.97 Å². The van der Waals surface area contributed by atoms with E-state index in [2.05, 4.69) is 9.97 Å². The minimum absolute atomic E-state index is 0.291. The molecular weight excluding hydrogens is 266 g/mol. The van der Waals surface area contributed by atoms with Crippen LogP contribution in [-0.4, -0.2) is 26.9 Å². The fourth-order valence-corrected chi connectivity index (χ4v) is 2.30.